The van der Waals surface area contributed by atoms with Crippen LogP contribution in [0.4, 0.5) is 0 Å². The van der Waals surface area contributed by atoms with Crippen LogP contribution in [0, 0.1) is 5.41 Å². The minimum atomic E-state index is -0.964. The summed E-state index contributed by atoms with van der Waals surface area (Å²) in [6, 6.07) is 12.6. The van der Waals surface area contributed by atoms with Crippen LogP contribution in [-0.4, -0.2) is 28.6 Å². The summed E-state index contributed by atoms with van der Waals surface area (Å²) in [5.41, 5.74) is 1.24. The minimum absolute atomic E-state index is 0.0756. The van der Waals surface area contributed by atoms with Gasteiger partial charge in [0.25, 0.3) is 0 Å². The fraction of sp³-hybridized carbons (Fsp3) is 0.409. The van der Waals surface area contributed by atoms with Crippen LogP contribution >= 0.6 is 0 Å². The summed E-state index contributed by atoms with van der Waals surface area (Å²) in [5, 5.41) is 0. The largest absolute Gasteiger partial charge is 0.425 e. The summed E-state index contributed by atoms with van der Waals surface area (Å²) in [6.07, 6.45) is -0.419. The number of hydrogen-bond acceptors (Lipinski definition) is 5. The van der Waals surface area contributed by atoms with Crippen LogP contribution in [0.3, 0.4) is 0 Å². The molecule has 0 amide bonds. The fourth-order valence-corrected chi connectivity index (χ4v) is 3.21. The molecule has 1 aromatic carbocycles. The Kier molecular flexibility index (Phi) is 5.40. The number of ketones is 1. The smallest absolute Gasteiger partial charge is 0.318 e. The number of aromatic nitrogens is 1. The second kappa shape index (κ2) is 7.62. The second-order valence-electron chi connectivity index (χ2n) is 7.99. The van der Waals surface area contributed by atoms with Gasteiger partial charge >= 0.3 is 11.9 Å². The van der Waals surface area contributed by atoms with Crippen LogP contribution in [0.25, 0.3) is 0 Å². The van der Waals surface area contributed by atoms with E-state index in [4.69, 9.17) is 9.47 Å². The molecule has 1 aromatic heterocycles. The zero-order valence-electron chi connectivity index (χ0n) is 16.6. The van der Waals surface area contributed by atoms with E-state index in [9.17, 15) is 14.4 Å². The average Bonchev–Trinajstić information content (AvgIpc) is 3.22. The highest BCUT2D eigenvalue weighted by Crippen LogP contribution is 2.32. The van der Waals surface area contributed by atoms with Gasteiger partial charge in [0.05, 0.1) is 17.0 Å². The molecular formula is C22H25NO5. The van der Waals surface area contributed by atoms with Crippen LogP contribution in [0.5, 0.6) is 0 Å². The Morgan fingerprint density at radius 2 is 1.71 bits per heavy atom. The van der Waals surface area contributed by atoms with Crippen LogP contribution in [0.2, 0.25) is 0 Å². The van der Waals surface area contributed by atoms with E-state index >= 15 is 0 Å². The molecule has 2 heterocycles. The van der Waals surface area contributed by atoms with Crippen molar-refractivity contribution in [2.24, 2.45) is 5.41 Å². The standard InChI is InChI=1S/C22H25NO5/c1-14(28-21(26)22(2,3)4)27-20(25)16-12-13-23-17(16)10-11-18(23)19(24)15-8-6-5-7-9-15/h5-11,14,16H,12-13H2,1-4H3. The molecule has 0 saturated carbocycles. The van der Waals surface area contributed by atoms with Crippen LogP contribution in [0.15, 0.2) is 42.5 Å². The minimum Gasteiger partial charge on any atom is -0.425 e. The number of nitrogens with zero attached hydrogens (tertiary/aromatic N) is 1. The Morgan fingerprint density at radius 3 is 2.36 bits per heavy atom. The highest BCUT2D eigenvalue weighted by Gasteiger charge is 2.34. The first kappa shape index (κ1) is 19.9. The number of carbonyl (C=O) groups is 3. The topological polar surface area (TPSA) is 74.6 Å². The second-order valence-corrected chi connectivity index (χ2v) is 7.99. The average molecular weight is 383 g/mol. The van der Waals surface area contributed by atoms with Gasteiger partial charge in [-0.1, -0.05) is 30.3 Å². The summed E-state index contributed by atoms with van der Waals surface area (Å²) >= 11 is 0. The number of benzene rings is 1. The monoisotopic (exact) mass is 383 g/mol. The number of esters is 2. The molecule has 6 heteroatoms. The molecule has 2 aromatic rings. The fourth-order valence-electron chi connectivity index (χ4n) is 3.21. The van der Waals surface area contributed by atoms with Crippen molar-refractivity contribution in [3.63, 3.8) is 0 Å². The Balaban J connectivity index is 1.70. The third-order valence-corrected chi connectivity index (χ3v) is 4.73. The molecule has 0 spiro atoms. The maximum Gasteiger partial charge on any atom is 0.318 e. The van der Waals surface area contributed by atoms with Gasteiger partial charge in [0, 0.05) is 24.7 Å². The zero-order valence-corrected chi connectivity index (χ0v) is 16.6. The number of rotatable bonds is 5. The molecule has 0 N–H and O–H groups in total. The van der Waals surface area contributed by atoms with Crippen LogP contribution in [-0.2, 0) is 25.6 Å². The quantitative estimate of drug-likeness (QED) is 0.447. The maximum absolute atomic E-state index is 12.7. The zero-order chi connectivity index (χ0) is 20.5. The molecule has 0 bridgehead atoms. The Labute approximate surface area is 164 Å². The molecule has 1 aliphatic heterocycles. The van der Waals surface area contributed by atoms with Gasteiger partial charge in [-0.15, -0.1) is 0 Å². The van der Waals surface area contributed by atoms with Gasteiger partial charge < -0.3 is 14.0 Å². The van der Waals surface area contributed by atoms with E-state index in [2.05, 4.69) is 0 Å². The first-order valence-corrected chi connectivity index (χ1v) is 9.39. The number of carbonyl (C=O) groups excluding carboxylic acids is 3. The van der Waals surface area contributed by atoms with Gasteiger partial charge in [-0.2, -0.15) is 0 Å². The summed E-state index contributed by atoms with van der Waals surface area (Å²) < 4.78 is 12.4. The molecule has 0 saturated heterocycles. The van der Waals surface area contributed by atoms with Crippen molar-refractivity contribution in [1.29, 1.82) is 0 Å². The number of fused-ring (bicyclic) bond motifs is 1. The van der Waals surface area contributed by atoms with Gasteiger partial charge in [-0.25, -0.2) is 0 Å². The third kappa shape index (κ3) is 4.01. The van der Waals surface area contributed by atoms with Gasteiger partial charge in [0.1, 0.15) is 0 Å². The number of ether oxygens (including phenoxy) is 2. The van der Waals surface area contributed by atoms with Crippen molar-refractivity contribution in [2.45, 2.75) is 52.9 Å². The molecule has 3 rings (SSSR count). The third-order valence-electron chi connectivity index (χ3n) is 4.73. The first-order valence-electron chi connectivity index (χ1n) is 9.39. The lowest BCUT2D eigenvalue weighted by atomic mass is 9.97. The maximum atomic E-state index is 12.7. The first-order chi connectivity index (χ1) is 13.2. The lowest BCUT2D eigenvalue weighted by molar-refractivity contribution is -0.191. The molecule has 0 radical (unpaired) electrons. The van der Waals surface area contributed by atoms with Crippen molar-refractivity contribution in [3.05, 3.63) is 59.4 Å². The van der Waals surface area contributed by atoms with Gasteiger partial charge in [0.15, 0.2) is 0 Å². The van der Waals surface area contributed by atoms with Crippen molar-refractivity contribution in [1.82, 2.24) is 4.57 Å². The Morgan fingerprint density at radius 1 is 1.04 bits per heavy atom. The van der Waals surface area contributed by atoms with E-state index in [1.807, 2.05) is 22.8 Å². The molecule has 2 atom stereocenters. The predicted molar refractivity (Wildman–Crippen MR) is 103 cm³/mol. The Hall–Kier alpha value is -2.89. The highest BCUT2D eigenvalue weighted by molar-refractivity contribution is 6.08. The molecular weight excluding hydrogens is 358 g/mol. The van der Waals surface area contributed by atoms with E-state index in [0.29, 0.717) is 24.2 Å². The summed E-state index contributed by atoms with van der Waals surface area (Å²) in [4.78, 5) is 37.3. The molecule has 0 fully saturated rings. The Bertz CT molecular complexity index is 891. The van der Waals surface area contributed by atoms with E-state index in [0.717, 1.165) is 5.69 Å². The van der Waals surface area contributed by atoms with Gasteiger partial charge in [-0.3, -0.25) is 14.4 Å². The molecule has 0 aliphatic carbocycles. The van der Waals surface area contributed by atoms with Crippen molar-refractivity contribution in [2.75, 3.05) is 0 Å². The van der Waals surface area contributed by atoms with E-state index in [-0.39, 0.29) is 5.78 Å². The molecule has 6 nitrogen and oxygen atoms in total. The highest BCUT2D eigenvalue weighted by atomic mass is 16.7. The van der Waals surface area contributed by atoms with Crippen molar-refractivity contribution >= 4 is 17.7 Å². The molecule has 1 aliphatic rings. The molecule has 2 unspecified atom stereocenters. The summed E-state index contributed by atoms with van der Waals surface area (Å²) in [5.74, 6) is -1.44. The van der Waals surface area contributed by atoms with Gasteiger partial charge in [0.2, 0.25) is 12.1 Å². The SMILES string of the molecule is CC(OC(=O)C1CCn2c(C(=O)c3ccccc3)ccc21)OC(=O)C(C)(C)C. The predicted octanol–water partition coefficient (Wildman–Crippen LogP) is 3.68. The summed E-state index contributed by atoms with van der Waals surface area (Å²) in [6.45, 7) is 7.29. The normalized spacial score (nSPS) is 16.9. The number of hydrogen-bond donors (Lipinski definition) is 0. The lowest BCUT2D eigenvalue weighted by Gasteiger charge is -2.21. The molecule has 148 valence electrons. The van der Waals surface area contributed by atoms with E-state index in [1.54, 1.807) is 45.0 Å². The van der Waals surface area contributed by atoms with Crippen LogP contribution in [0.1, 0.15) is 61.8 Å². The van der Waals surface area contributed by atoms with Crippen molar-refractivity contribution in [3.8, 4) is 0 Å². The summed E-state index contributed by atoms with van der Waals surface area (Å²) in [7, 11) is 0. The van der Waals surface area contributed by atoms with Crippen molar-refractivity contribution < 1.29 is 23.9 Å². The van der Waals surface area contributed by atoms with E-state index in [1.165, 1.54) is 6.92 Å². The van der Waals surface area contributed by atoms with Gasteiger partial charge in [-0.05, 0) is 39.3 Å². The van der Waals surface area contributed by atoms with E-state index < -0.39 is 29.6 Å². The van der Waals surface area contributed by atoms with Crippen LogP contribution < -0.4 is 0 Å². The lowest BCUT2D eigenvalue weighted by Crippen LogP contribution is -2.30. The molecule has 28 heavy (non-hydrogen) atoms.